The highest BCUT2D eigenvalue weighted by Crippen LogP contribution is 2.52. The first kappa shape index (κ1) is 15.5. The molecule has 234 valence electrons. The molecule has 0 aliphatic carbocycles. The Morgan fingerprint density at radius 1 is 0.604 bits per heavy atom. The zero-order valence-electron chi connectivity index (χ0n) is 43.1. The maximum atomic E-state index is 9.07. The number of benzene rings is 6. The molecule has 0 amide bonds. The lowest BCUT2D eigenvalue weighted by molar-refractivity contribution is 0.419. The summed E-state index contributed by atoms with van der Waals surface area (Å²) in [4.78, 5) is 4.57. The second-order valence-electron chi connectivity index (χ2n) is 11.8. The van der Waals surface area contributed by atoms with Gasteiger partial charge >= 0.3 is 5.84 Å². The molecule has 6 aromatic carbocycles. The number of hydrogen-bond donors (Lipinski definition) is 0. The highest BCUT2D eigenvalue weighted by atomic mass is 16.5. The van der Waals surface area contributed by atoms with Crippen molar-refractivity contribution in [1.29, 1.82) is 0 Å². The minimum absolute atomic E-state index is 0.0332. The van der Waals surface area contributed by atoms with E-state index in [0.717, 1.165) is 12.1 Å². The van der Waals surface area contributed by atoms with Gasteiger partial charge in [0.05, 0.1) is 16.6 Å². The second kappa shape index (κ2) is 10.2. The molecule has 0 spiro atoms. The van der Waals surface area contributed by atoms with Gasteiger partial charge in [-0.1, -0.05) is 98.6 Å². The molecule has 0 unspecified atom stereocenters. The largest absolute Gasteiger partial charge is 0.456 e. The van der Waals surface area contributed by atoms with Gasteiger partial charge in [-0.2, -0.15) is 4.98 Å². The van der Waals surface area contributed by atoms with Crippen molar-refractivity contribution in [1.82, 2.24) is 9.38 Å². The van der Waals surface area contributed by atoms with E-state index in [4.69, 9.17) is 33.8 Å². The van der Waals surface area contributed by atoms with Gasteiger partial charge in [0.15, 0.2) is 5.58 Å². The van der Waals surface area contributed by atoms with Crippen molar-refractivity contribution in [2.45, 2.75) is 46.5 Å². The van der Waals surface area contributed by atoms with E-state index >= 15 is 0 Å². The van der Waals surface area contributed by atoms with Crippen LogP contribution in [0.5, 0.6) is 11.5 Å². The number of hydrogen-bond acceptors (Lipinski definition) is 3. The lowest BCUT2D eigenvalue weighted by Crippen LogP contribution is -2.24. The van der Waals surface area contributed by atoms with E-state index in [0.29, 0.717) is 16.6 Å². The van der Waals surface area contributed by atoms with E-state index in [1.165, 1.54) is 60.7 Å². The first-order valence-corrected chi connectivity index (χ1v) is 15.1. The molecule has 0 fully saturated rings. The molecule has 0 radical (unpaired) electrons. The molecule has 0 saturated carbocycles. The van der Waals surface area contributed by atoms with Crippen molar-refractivity contribution in [2.24, 2.45) is 0 Å². The van der Waals surface area contributed by atoms with Gasteiger partial charge in [0.1, 0.15) is 11.5 Å². The summed E-state index contributed by atoms with van der Waals surface area (Å²) in [5.74, 6) is -0.491. The summed E-state index contributed by atoms with van der Waals surface area (Å²) in [5, 5.41) is 0. The molecule has 3 heterocycles. The lowest BCUT2D eigenvalue weighted by atomic mass is 9.74. The minimum atomic E-state index is -3.30. The van der Waals surface area contributed by atoms with Crippen LogP contribution in [0, 0.1) is 27.4 Å². The summed E-state index contributed by atoms with van der Waals surface area (Å²) < 4.78 is 173. The van der Waals surface area contributed by atoms with Crippen LogP contribution >= 0.6 is 0 Å². The fourth-order valence-electron chi connectivity index (χ4n) is 6.87. The topological polar surface area (TPSA) is 39.7 Å². The van der Waals surface area contributed by atoms with Crippen molar-refractivity contribution in [3.63, 3.8) is 0 Å². The summed E-state index contributed by atoms with van der Waals surface area (Å²) >= 11 is 0. The molecule has 4 heteroatoms. The van der Waals surface area contributed by atoms with E-state index in [9.17, 15) is 0 Å². The van der Waals surface area contributed by atoms with Crippen molar-refractivity contribution in [3.8, 4) is 44.9 Å². The summed E-state index contributed by atoms with van der Waals surface area (Å²) in [6, 6.07) is 25.9. The number of aryl methyl sites for hydroxylation is 2. The molecule has 48 heavy (non-hydrogen) atoms. The molecule has 1 aliphatic heterocycles. The third kappa shape index (κ3) is 3.92. The molecular formula is C44H36N2O2. The summed E-state index contributed by atoms with van der Waals surface area (Å²) in [6.45, 7) is -19.1. The van der Waals surface area contributed by atoms with Gasteiger partial charge in [0, 0.05) is 52.3 Å². The minimum Gasteiger partial charge on any atom is -0.456 e. The quantitative estimate of drug-likeness (QED) is 0.192. The number of aromatic nitrogens is 2. The van der Waals surface area contributed by atoms with Gasteiger partial charge in [-0.15, -0.1) is 0 Å². The molecule has 2 aromatic heterocycles. The van der Waals surface area contributed by atoms with Crippen LogP contribution in [0.3, 0.4) is 0 Å². The van der Waals surface area contributed by atoms with Crippen molar-refractivity contribution in [3.05, 3.63) is 143 Å². The molecule has 0 N–H and O–H groups in total. The Labute approximate surface area is 305 Å². The van der Waals surface area contributed by atoms with Crippen LogP contribution in [0.25, 0.3) is 61.4 Å². The van der Waals surface area contributed by atoms with Crippen molar-refractivity contribution < 1.29 is 33.8 Å². The van der Waals surface area contributed by atoms with Crippen molar-refractivity contribution in [2.75, 3.05) is 0 Å². The standard InChI is InChI=1S/C44H36N2O2/c1-25-21-23-29(27(3)39(25)31-13-11-16-34-41(31)47-38-20-10-7-15-33(38)44(34,5)6)30-24-22-26(2)40(28(30)4)32-14-12-19-37-42(32)48-43-45-35-17-8-9-18-36(35)46(37)43/h7-24H,1-6H3/i1D3,2D3,3D3,4D3,5D3,6D3. The Morgan fingerprint density at radius 2 is 1.27 bits per heavy atom. The van der Waals surface area contributed by atoms with Crippen LogP contribution < -0.4 is 4.74 Å². The maximum absolute atomic E-state index is 9.07. The highest BCUT2D eigenvalue weighted by Gasteiger charge is 2.35. The zero-order valence-corrected chi connectivity index (χ0v) is 25.1. The van der Waals surface area contributed by atoms with Gasteiger partial charge in [0.2, 0.25) is 0 Å². The number of nitrogens with zero attached hydrogens (tertiary/aromatic N) is 2. The van der Waals surface area contributed by atoms with Gasteiger partial charge in [-0.05, 0) is 96.2 Å². The van der Waals surface area contributed by atoms with Gasteiger partial charge in [0.25, 0.3) is 0 Å². The number of ether oxygens (including phenoxy) is 1. The molecule has 4 nitrogen and oxygen atoms in total. The van der Waals surface area contributed by atoms with Crippen LogP contribution in [0.1, 0.15) is 71.8 Å². The number of fused-ring (bicyclic) bond motifs is 7. The molecule has 0 saturated heterocycles. The average Bonchev–Trinajstić information content (AvgIpc) is 3.75. The Morgan fingerprint density at radius 3 is 2.04 bits per heavy atom. The van der Waals surface area contributed by atoms with E-state index in [1.54, 1.807) is 40.8 Å². The Hall–Kier alpha value is -5.61. The summed E-state index contributed by atoms with van der Waals surface area (Å²) in [7, 11) is 0. The van der Waals surface area contributed by atoms with Crippen LogP contribution in [0.15, 0.2) is 114 Å². The highest BCUT2D eigenvalue weighted by molar-refractivity contribution is 5.98. The predicted molar refractivity (Wildman–Crippen MR) is 196 cm³/mol. The monoisotopic (exact) mass is 642 g/mol. The zero-order chi connectivity index (χ0) is 47.9. The third-order valence-electron chi connectivity index (χ3n) is 9.12. The van der Waals surface area contributed by atoms with Crippen LogP contribution in [-0.2, 0) is 5.41 Å². The molecule has 0 atom stereocenters. The molecule has 0 bridgehead atoms. The van der Waals surface area contributed by atoms with Crippen LogP contribution in [0.2, 0.25) is 0 Å². The fourth-order valence-corrected chi connectivity index (χ4v) is 6.87. The smallest absolute Gasteiger partial charge is 0.307 e. The van der Waals surface area contributed by atoms with Gasteiger partial charge < -0.3 is 9.15 Å². The SMILES string of the molecule is [2H]C([2H])([2H])c1ccc(-c2ccc(C([2H])([2H])[2H])c(-c3cccc4c3oc3nc5ccccc5n34)c2C([2H])([2H])[2H])c(C([2H])([2H])[2H])c1-c1cccc2c1Oc1ccccc1C2(C([2H])([2H])[2H])C([2H])([2H])[2H]. The maximum Gasteiger partial charge on any atom is 0.307 e. The normalized spacial score (nSPS) is 20.7. The number of para-hydroxylation sites is 5. The first-order chi connectivity index (χ1) is 30.6. The number of rotatable bonds is 3. The molecule has 8 aromatic rings. The van der Waals surface area contributed by atoms with E-state index in [1.807, 2.05) is 0 Å². The van der Waals surface area contributed by atoms with E-state index < -0.39 is 85.7 Å². The van der Waals surface area contributed by atoms with Crippen molar-refractivity contribution >= 4 is 28.0 Å². The Balaban J connectivity index is 1.43. The predicted octanol–water partition coefficient (Wildman–Crippen LogP) is 11.9. The molecule has 9 rings (SSSR count). The fraction of sp³-hybridized carbons (Fsp3) is 0.159. The second-order valence-corrected chi connectivity index (χ2v) is 11.8. The average molecular weight is 643 g/mol. The first-order valence-electron chi connectivity index (χ1n) is 24.1. The lowest BCUT2D eigenvalue weighted by Gasteiger charge is -2.35. The van der Waals surface area contributed by atoms with Gasteiger partial charge in [-0.3, -0.25) is 4.40 Å². The number of oxazole rings is 1. The third-order valence-corrected chi connectivity index (χ3v) is 9.12. The van der Waals surface area contributed by atoms with E-state index in [-0.39, 0.29) is 50.6 Å². The van der Waals surface area contributed by atoms with Crippen LogP contribution in [-0.4, -0.2) is 9.38 Å². The molecule has 1 aliphatic rings. The van der Waals surface area contributed by atoms with Gasteiger partial charge in [-0.25, -0.2) is 0 Å². The molecular weight excluding hydrogens is 588 g/mol. The Kier molecular flexibility index (Phi) is 3.30. The number of imidazole rings is 1. The summed E-state index contributed by atoms with van der Waals surface area (Å²) in [5.41, 5.74) is -5.62. The van der Waals surface area contributed by atoms with E-state index in [2.05, 4.69) is 4.98 Å². The van der Waals surface area contributed by atoms with Crippen LogP contribution in [0.4, 0.5) is 0 Å². The summed E-state index contributed by atoms with van der Waals surface area (Å²) in [6.07, 6.45) is 0. The Bertz CT molecular complexity index is 3260.